The summed E-state index contributed by atoms with van der Waals surface area (Å²) in [6, 6.07) is 6.92. The van der Waals surface area contributed by atoms with Gasteiger partial charge in [0.2, 0.25) is 0 Å². The van der Waals surface area contributed by atoms with Crippen molar-refractivity contribution in [2.75, 3.05) is 13.7 Å². The summed E-state index contributed by atoms with van der Waals surface area (Å²) < 4.78 is 9.79. The molecule has 0 aliphatic carbocycles. The number of benzene rings is 1. The van der Waals surface area contributed by atoms with Gasteiger partial charge in [-0.2, -0.15) is 0 Å². The minimum atomic E-state index is -1.11. The number of hydrogen-bond donors (Lipinski definition) is 3. The Bertz CT molecular complexity index is 492. The lowest BCUT2D eigenvalue weighted by atomic mass is 10.1. The van der Waals surface area contributed by atoms with Crippen LogP contribution in [0.1, 0.15) is 24.9 Å². The van der Waals surface area contributed by atoms with Gasteiger partial charge in [0.25, 0.3) is 5.91 Å². The van der Waals surface area contributed by atoms with E-state index in [9.17, 15) is 9.59 Å². The van der Waals surface area contributed by atoms with Crippen molar-refractivity contribution < 1.29 is 24.2 Å². The summed E-state index contributed by atoms with van der Waals surface area (Å²) in [6.07, 6.45) is -2.18. The number of hydrogen-bond acceptors (Lipinski definition) is 5. The van der Waals surface area contributed by atoms with Crippen molar-refractivity contribution in [3.63, 3.8) is 0 Å². The van der Waals surface area contributed by atoms with Gasteiger partial charge in [0.15, 0.2) is 6.10 Å². The molecule has 0 radical (unpaired) electrons. The van der Waals surface area contributed by atoms with Gasteiger partial charge in [0, 0.05) is 13.0 Å². The zero-order chi connectivity index (χ0) is 15.8. The van der Waals surface area contributed by atoms with E-state index in [1.165, 1.54) is 0 Å². The lowest BCUT2D eigenvalue weighted by molar-refractivity contribution is -0.130. The molecule has 1 rings (SSSR count). The highest BCUT2D eigenvalue weighted by atomic mass is 16.6. The number of methoxy groups -OCH3 is 1. The fraction of sp³-hybridized carbons (Fsp3) is 0.429. The Kier molecular flexibility index (Phi) is 6.48. The van der Waals surface area contributed by atoms with Gasteiger partial charge >= 0.3 is 6.09 Å². The Morgan fingerprint density at radius 2 is 2.14 bits per heavy atom. The molecule has 1 aromatic rings. The molecule has 0 aromatic heterocycles. The predicted octanol–water partition coefficient (Wildman–Crippen LogP) is 0.719. The number of carbonyl (C=O) groups is 2. The Hall–Kier alpha value is -2.28. The molecular formula is C14H20N2O5. The number of amides is 2. The zero-order valence-electron chi connectivity index (χ0n) is 12.0. The standard InChI is InChI=1S/C14H20N2O5/c1-9(10-4-3-5-11(8-10)20-2)16-13(18)12(6-7-17)21-14(15)19/h3-5,8-9,12,17H,6-7H2,1-2H3,(H2,15,19)(H,16,18)/t9-,12-/m1/s1. The van der Waals surface area contributed by atoms with Gasteiger partial charge < -0.3 is 25.6 Å². The van der Waals surface area contributed by atoms with Crippen LogP contribution in [0.4, 0.5) is 4.79 Å². The van der Waals surface area contributed by atoms with E-state index < -0.39 is 18.1 Å². The number of ether oxygens (including phenoxy) is 2. The minimum absolute atomic E-state index is 0.0143. The third-order valence-electron chi connectivity index (χ3n) is 2.89. The first kappa shape index (κ1) is 16.8. The van der Waals surface area contributed by atoms with Crippen molar-refractivity contribution >= 4 is 12.0 Å². The number of rotatable bonds is 7. The smallest absolute Gasteiger partial charge is 0.405 e. The molecule has 0 aliphatic rings. The molecule has 2 amide bonds. The largest absolute Gasteiger partial charge is 0.497 e. The number of nitrogens with one attached hydrogen (secondary N) is 1. The van der Waals surface area contributed by atoms with Gasteiger partial charge in [0.05, 0.1) is 13.2 Å². The summed E-state index contributed by atoms with van der Waals surface area (Å²) in [5, 5.41) is 11.6. The van der Waals surface area contributed by atoms with Crippen molar-refractivity contribution in [2.45, 2.75) is 25.5 Å². The van der Waals surface area contributed by atoms with Crippen LogP contribution in [0.15, 0.2) is 24.3 Å². The molecule has 2 atom stereocenters. The van der Waals surface area contributed by atoms with Crippen LogP contribution in [0.5, 0.6) is 5.75 Å². The molecular weight excluding hydrogens is 276 g/mol. The van der Waals surface area contributed by atoms with E-state index in [0.717, 1.165) is 5.56 Å². The summed E-state index contributed by atoms with van der Waals surface area (Å²) in [5.41, 5.74) is 5.74. The van der Waals surface area contributed by atoms with Gasteiger partial charge in [-0.3, -0.25) is 4.79 Å². The number of carbonyl (C=O) groups excluding carboxylic acids is 2. The molecule has 0 saturated heterocycles. The summed E-state index contributed by atoms with van der Waals surface area (Å²) in [5.74, 6) is 0.159. The molecule has 0 fully saturated rings. The van der Waals surface area contributed by atoms with Crippen molar-refractivity contribution in [1.29, 1.82) is 0 Å². The maximum Gasteiger partial charge on any atom is 0.405 e. The van der Waals surface area contributed by atoms with E-state index in [2.05, 4.69) is 10.1 Å². The predicted molar refractivity (Wildman–Crippen MR) is 75.7 cm³/mol. The quantitative estimate of drug-likeness (QED) is 0.686. The molecule has 0 bridgehead atoms. The maximum atomic E-state index is 12.0. The van der Waals surface area contributed by atoms with E-state index in [4.69, 9.17) is 15.6 Å². The van der Waals surface area contributed by atoms with Crippen molar-refractivity contribution in [3.8, 4) is 5.75 Å². The van der Waals surface area contributed by atoms with Crippen LogP contribution in [-0.4, -0.2) is 36.9 Å². The van der Waals surface area contributed by atoms with Gasteiger partial charge in [-0.15, -0.1) is 0 Å². The first-order valence-corrected chi connectivity index (χ1v) is 6.49. The fourth-order valence-corrected chi connectivity index (χ4v) is 1.80. The SMILES string of the molecule is COc1cccc([C@@H](C)NC(=O)[C@@H](CCO)OC(N)=O)c1. The Morgan fingerprint density at radius 3 is 2.71 bits per heavy atom. The lowest BCUT2D eigenvalue weighted by Crippen LogP contribution is -2.40. The molecule has 21 heavy (non-hydrogen) atoms. The Balaban J connectivity index is 2.72. The molecule has 4 N–H and O–H groups in total. The average molecular weight is 296 g/mol. The van der Waals surface area contributed by atoms with E-state index in [1.54, 1.807) is 26.2 Å². The number of aliphatic hydroxyl groups is 1. The van der Waals surface area contributed by atoms with Crippen LogP contribution in [0.3, 0.4) is 0 Å². The fourth-order valence-electron chi connectivity index (χ4n) is 1.80. The highest BCUT2D eigenvalue weighted by Gasteiger charge is 2.23. The normalized spacial score (nSPS) is 13.1. The van der Waals surface area contributed by atoms with Gasteiger partial charge in [-0.05, 0) is 24.6 Å². The summed E-state index contributed by atoms with van der Waals surface area (Å²) >= 11 is 0. The monoisotopic (exact) mass is 296 g/mol. The van der Waals surface area contributed by atoms with E-state index in [-0.39, 0.29) is 19.1 Å². The van der Waals surface area contributed by atoms with Crippen LogP contribution < -0.4 is 15.8 Å². The molecule has 7 heteroatoms. The van der Waals surface area contributed by atoms with E-state index in [0.29, 0.717) is 5.75 Å². The minimum Gasteiger partial charge on any atom is -0.497 e. The second kappa shape index (κ2) is 8.11. The van der Waals surface area contributed by atoms with Crippen molar-refractivity contribution in [1.82, 2.24) is 5.32 Å². The van der Waals surface area contributed by atoms with Crippen LogP contribution >= 0.6 is 0 Å². The lowest BCUT2D eigenvalue weighted by Gasteiger charge is -2.20. The molecule has 0 unspecified atom stereocenters. The Labute approximate surface area is 123 Å². The van der Waals surface area contributed by atoms with E-state index >= 15 is 0 Å². The molecule has 1 aromatic carbocycles. The third kappa shape index (κ3) is 5.31. The molecule has 0 spiro atoms. The van der Waals surface area contributed by atoms with Gasteiger partial charge in [-0.1, -0.05) is 12.1 Å². The average Bonchev–Trinajstić information content (AvgIpc) is 2.46. The maximum absolute atomic E-state index is 12.0. The molecule has 116 valence electrons. The summed E-state index contributed by atoms with van der Waals surface area (Å²) in [4.78, 5) is 22.8. The first-order valence-electron chi connectivity index (χ1n) is 6.49. The van der Waals surface area contributed by atoms with Crippen LogP contribution in [-0.2, 0) is 9.53 Å². The molecule has 7 nitrogen and oxygen atoms in total. The Morgan fingerprint density at radius 1 is 1.43 bits per heavy atom. The first-order chi connectivity index (χ1) is 9.97. The molecule has 0 heterocycles. The number of aliphatic hydroxyl groups excluding tert-OH is 1. The van der Waals surface area contributed by atoms with Gasteiger partial charge in [-0.25, -0.2) is 4.79 Å². The van der Waals surface area contributed by atoms with Crippen LogP contribution in [0, 0.1) is 0 Å². The molecule has 0 aliphatic heterocycles. The molecule has 0 saturated carbocycles. The zero-order valence-corrected chi connectivity index (χ0v) is 12.0. The second-order valence-electron chi connectivity index (χ2n) is 4.44. The number of primary amides is 1. The van der Waals surface area contributed by atoms with Gasteiger partial charge in [0.1, 0.15) is 5.75 Å². The van der Waals surface area contributed by atoms with Crippen LogP contribution in [0.25, 0.3) is 0 Å². The van der Waals surface area contributed by atoms with Crippen molar-refractivity contribution in [2.24, 2.45) is 5.73 Å². The highest BCUT2D eigenvalue weighted by molar-refractivity contribution is 5.83. The van der Waals surface area contributed by atoms with Crippen LogP contribution in [0.2, 0.25) is 0 Å². The topological polar surface area (TPSA) is 111 Å². The van der Waals surface area contributed by atoms with E-state index in [1.807, 2.05) is 12.1 Å². The highest BCUT2D eigenvalue weighted by Crippen LogP contribution is 2.19. The summed E-state index contributed by atoms with van der Waals surface area (Å²) in [6.45, 7) is 1.49. The number of nitrogens with two attached hydrogens (primary N) is 1. The van der Waals surface area contributed by atoms with Crippen molar-refractivity contribution in [3.05, 3.63) is 29.8 Å². The second-order valence-corrected chi connectivity index (χ2v) is 4.44. The summed E-state index contributed by atoms with van der Waals surface area (Å²) in [7, 11) is 1.56. The third-order valence-corrected chi connectivity index (χ3v) is 2.89.